The minimum absolute atomic E-state index is 0.289. The third-order valence-corrected chi connectivity index (χ3v) is 4.05. The highest BCUT2D eigenvalue weighted by Crippen LogP contribution is 2.31. The highest BCUT2D eigenvalue weighted by atomic mass is 16.3. The molecule has 0 spiro atoms. The maximum absolute atomic E-state index is 9.38. The Labute approximate surface area is 115 Å². The number of aliphatic hydroxyl groups is 2. The number of hydrogen-bond donors (Lipinski definition) is 2. The molecular formula is C17H24O2. The van der Waals surface area contributed by atoms with Gasteiger partial charge in [-0.15, -0.1) is 0 Å². The van der Waals surface area contributed by atoms with E-state index in [1.807, 2.05) is 6.08 Å². The Balaban J connectivity index is 1.93. The molecule has 0 radical (unpaired) electrons. The first-order chi connectivity index (χ1) is 9.19. The first-order valence-electron chi connectivity index (χ1n) is 7.27. The van der Waals surface area contributed by atoms with E-state index in [0.29, 0.717) is 11.7 Å². The van der Waals surface area contributed by atoms with Gasteiger partial charge in [0.05, 0.1) is 5.76 Å². The van der Waals surface area contributed by atoms with E-state index in [1.165, 1.54) is 16.7 Å². The first-order valence-corrected chi connectivity index (χ1v) is 7.27. The van der Waals surface area contributed by atoms with Crippen molar-refractivity contribution in [3.05, 3.63) is 46.8 Å². The van der Waals surface area contributed by atoms with E-state index in [2.05, 4.69) is 25.2 Å². The summed E-state index contributed by atoms with van der Waals surface area (Å²) < 4.78 is 0. The van der Waals surface area contributed by atoms with Crippen molar-refractivity contribution in [3.63, 3.8) is 0 Å². The fourth-order valence-corrected chi connectivity index (χ4v) is 2.57. The molecule has 2 rings (SSSR count). The van der Waals surface area contributed by atoms with Crippen LogP contribution < -0.4 is 0 Å². The lowest BCUT2D eigenvalue weighted by molar-refractivity contribution is 0.230. The summed E-state index contributed by atoms with van der Waals surface area (Å²) in [6.45, 7) is 2.38. The predicted molar refractivity (Wildman–Crippen MR) is 78.9 cm³/mol. The van der Waals surface area contributed by atoms with Crippen LogP contribution in [0.15, 0.2) is 46.8 Å². The van der Waals surface area contributed by atoms with Crippen molar-refractivity contribution in [3.8, 4) is 0 Å². The smallest absolute Gasteiger partial charge is 0.0926 e. The molecule has 0 saturated heterocycles. The Morgan fingerprint density at radius 1 is 1.00 bits per heavy atom. The molecule has 0 aliphatic heterocycles. The zero-order valence-corrected chi connectivity index (χ0v) is 11.7. The van der Waals surface area contributed by atoms with Crippen molar-refractivity contribution in [1.82, 2.24) is 0 Å². The van der Waals surface area contributed by atoms with Gasteiger partial charge in [0, 0.05) is 13.0 Å². The maximum atomic E-state index is 9.38. The zero-order chi connectivity index (χ0) is 13.7. The molecule has 1 atom stereocenters. The van der Waals surface area contributed by atoms with Crippen LogP contribution in [0.4, 0.5) is 0 Å². The van der Waals surface area contributed by atoms with E-state index >= 15 is 0 Å². The largest absolute Gasteiger partial charge is 0.512 e. The average molecular weight is 260 g/mol. The molecule has 2 aliphatic rings. The van der Waals surface area contributed by atoms with Gasteiger partial charge in [0.1, 0.15) is 0 Å². The van der Waals surface area contributed by atoms with Crippen LogP contribution in [-0.4, -0.2) is 16.8 Å². The second-order valence-electron chi connectivity index (χ2n) is 5.69. The van der Waals surface area contributed by atoms with Crippen LogP contribution in [0.5, 0.6) is 0 Å². The summed E-state index contributed by atoms with van der Waals surface area (Å²) in [5.41, 5.74) is 4.29. The number of aliphatic hydroxyl groups excluding tert-OH is 2. The van der Waals surface area contributed by atoms with Gasteiger partial charge in [0.25, 0.3) is 0 Å². The molecule has 2 aliphatic carbocycles. The lowest BCUT2D eigenvalue weighted by atomic mass is 9.87. The predicted octanol–water partition coefficient (Wildman–Crippen LogP) is 4.20. The van der Waals surface area contributed by atoms with Gasteiger partial charge in [-0.3, -0.25) is 0 Å². The van der Waals surface area contributed by atoms with Crippen molar-refractivity contribution in [2.75, 3.05) is 6.61 Å². The Kier molecular flexibility index (Phi) is 5.03. The summed E-state index contributed by atoms with van der Waals surface area (Å²) >= 11 is 0. The van der Waals surface area contributed by atoms with Crippen LogP contribution in [0.3, 0.4) is 0 Å². The molecule has 2 N–H and O–H groups in total. The normalized spacial score (nSPS) is 21.2. The van der Waals surface area contributed by atoms with Crippen LogP contribution in [0, 0.1) is 5.92 Å². The van der Waals surface area contributed by atoms with Gasteiger partial charge in [-0.25, -0.2) is 0 Å². The summed E-state index contributed by atoms with van der Waals surface area (Å²) in [6.07, 6.45) is 14.5. The van der Waals surface area contributed by atoms with Gasteiger partial charge in [-0.2, -0.15) is 0 Å². The van der Waals surface area contributed by atoms with E-state index in [9.17, 15) is 5.11 Å². The molecule has 2 heteroatoms. The van der Waals surface area contributed by atoms with Crippen molar-refractivity contribution in [1.29, 1.82) is 0 Å². The first kappa shape index (κ1) is 14.1. The standard InChI is InChI=1S/C17H24O2/c1-13(12-18)2-3-14-4-6-15(7-5-14)16-8-10-17(19)11-9-16/h4,6,8,10,13,18-19H,2-3,5,7,9,11-12H2,1H3. The van der Waals surface area contributed by atoms with E-state index in [1.54, 1.807) is 0 Å². The van der Waals surface area contributed by atoms with Gasteiger partial charge in [0.15, 0.2) is 0 Å². The number of rotatable bonds is 5. The second-order valence-corrected chi connectivity index (χ2v) is 5.69. The third-order valence-electron chi connectivity index (χ3n) is 4.05. The van der Waals surface area contributed by atoms with E-state index < -0.39 is 0 Å². The molecule has 0 amide bonds. The van der Waals surface area contributed by atoms with E-state index in [0.717, 1.165) is 38.5 Å². The van der Waals surface area contributed by atoms with Crippen LogP contribution in [0.2, 0.25) is 0 Å². The minimum Gasteiger partial charge on any atom is -0.512 e. The molecule has 19 heavy (non-hydrogen) atoms. The van der Waals surface area contributed by atoms with Crippen molar-refractivity contribution in [2.45, 2.75) is 45.4 Å². The molecule has 0 aromatic rings. The van der Waals surface area contributed by atoms with Crippen LogP contribution in [-0.2, 0) is 0 Å². The molecule has 104 valence electrons. The Bertz CT molecular complexity index is 438. The average Bonchev–Trinajstić information content (AvgIpc) is 2.46. The minimum atomic E-state index is 0.289. The molecule has 0 saturated carbocycles. The third kappa shape index (κ3) is 4.10. The van der Waals surface area contributed by atoms with Crippen molar-refractivity contribution < 1.29 is 10.2 Å². The summed E-state index contributed by atoms with van der Waals surface area (Å²) in [6, 6.07) is 0. The number of allylic oxidation sites excluding steroid dienone is 8. The summed E-state index contributed by atoms with van der Waals surface area (Å²) in [7, 11) is 0. The molecule has 0 bridgehead atoms. The molecule has 0 aromatic heterocycles. The highest BCUT2D eigenvalue weighted by molar-refractivity contribution is 5.41. The molecule has 0 fully saturated rings. The molecule has 1 unspecified atom stereocenters. The topological polar surface area (TPSA) is 40.5 Å². The molecular weight excluding hydrogens is 236 g/mol. The van der Waals surface area contributed by atoms with E-state index in [-0.39, 0.29) is 6.61 Å². The quantitative estimate of drug-likeness (QED) is 0.777. The van der Waals surface area contributed by atoms with Crippen LogP contribution in [0.1, 0.15) is 45.4 Å². The van der Waals surface area contributed by atoms with Crippen LogP contribution >= 0.6 is 0 Å². The molecule has 0 aromatic carbocycles. The maximum Gasteiger partial charge on any atom is 0.0926 e. The fraction of sp³-hybridized carbons (Fsp3) is 0.529. The number of hydrogen-bond acceptors (Lipinski definition) is 2. The van der Waals surface area contributed by atoms with Gasteiger partial charge in [0.2, 0.25) is 0 Å². The van der Waals surface area contributed by atoms with Crippen LogP contribution in [0.25, 0.3) is 0 Å². The molecule has 2 nitrogen and oxygen atoms in total. The Morgan fingerprint density at radius 2 is 1.68 bits per heavy atom. The zero-order valence-electron chi connectivity index (χ0n) is 11.7. The highest BCUT2D eigenvalue weighted by Gasteiger charge is 2.13. The second kappa shape index (κ2) is 6.76. The van der Waals surface area contributed by atoms with Gasteiger partial charge >= 0.3 is 0 Å². The van der Waals surface area contributed by atoms with Gasteiger partial charge < -0.3 is 10.2 Å². The molecule has 0 heterocycles. The lowest BCUT2D eigenvalue weighted by Crippen LogP contribution is -2.03. The Morgan fingerprint density at radius 3 is 2.21 bits per heavy atom. The summed E-state index contributed by atoms with van der Waals surface area (Å²) in [4.78, 5) is 0. The van der Waals surface area contributed by atoms with Crippen molar-refractivity contribution in [2.24, 2.45) is 5.92 Å². The Hall–Kier alpha value is -1.28. The van der Waals surface area contributed by atoms with E-state index in [4.69, 9.17) is 5.11 Å². The van der Waals surface area contributed by atoms with Crippen molar-refractivity contribution >= 4 is 0 Å². The fourth-order valence-electron chi connectivity index (χ4n) is 2.57. The summed E-state index contributed by atoms with van der Waals surface area (Å²) in [5.74, 6) is 0.898. The monoisotopic (exact) mass is 260 g/mol. The SMILES string of the molecule is CC(CO)CCC1=CC=C(C2=CC=C(O)CC2)CC1. The lowest BCUT2D eigenvalue weighted by Gasteiger charge is -2.19. The van der Waals surface area contributed by atoms with Gasteiger partial charge in [-0.1, -0.05) is 30.7 Å². The summed E-state index contributed by atoms with van der Waals surface area (Å²) in [5, 5.41) is 18.4. The van der Waals surface area contributed by atoms with Gasteiger partial charge in [-0.05, 0) is 55.2 Å².